The smallest absolute Gasteiger partial charge is 0.330 e. The Morgan fingerprint density at radius 1 is 1.67 bits per heavy atom. The molecule has 0 radical (unpaired) electrons. The fourth-order valence-electron chi connectivity index (χ4n) is 0.751. The van der Waals surface area contributed by atoms with Crippen molar-refractivity contribution >= 4 is 5.97 Å². The SMILES string of the molecule is C=CC(=O)OCC1OC(F)C1F. The van der Waals surface area contributed by atoms with Gasteiger partial charge in [-0.05, 0) is 0 Å². The number of ether oxygens (including phenoxy) is 2. The van der Waals surface area contributed by atoms with Crippen molar-refractivity contribution < 1.29 is 23.0 Å². The lowest BCUT2D eigenvalue weighted by Gasteiger charge is -2.33. The number of hydrogen-bond acceptors (Lipinski definition) is 3. The number of carbonyl (C=O) groups excluding carboxylic acids is 1. The van der Waals surface area contributed by atoms with Gasteiger partial charge in [-0.15, -0.1) is 0 Å². The van der Waals surface area contributed by atoms with Gasteiger partial charge >= 0.3 is 5.97 Å². The summed E-state index contributed by atoms with van der Waals surface area (Å²) in [7, 11) is 0. The summed E-state index contributed by atoms with van der Waals surface area (Å²) in [5.41, 5.74) is 0. The van der Waals surface area contributed by atoms with Crippen molar-refractivity contribution in [1.29, 1.82) is 0 Å². The van der Waals surface area contributed by atoms with Crippen LogP contribution in [0.4, 0.5) is 8.78 Å². The molecule has 3 atom stereocenters. The van der Waals surface area contributed by atoms with Crippen molar-refractivity contribution in [3.8, 4) is 0 Å². The highest BCUT2D eigenvalue weighted by atomic mass is 19.2. The van der Waals surface area contributed by atoms with Crippen LogP contribution in [-0.4, -0.2) is 31.2 Å². The Morgan fingerprint density at radius 2 is 2.33 bits per heavy atom. The maximum Gasteiger partial charge on any atom is 0.330 e. The van der Waals surface area contributed by atoms with Crippen LogP contribution in [0.15, 0.2) is 12.7 Å². The van der Waals surface area contributed by atoms with Gasteiger partial charge in [-0.1, -0.05) is 6.58 Å². The molecule has 1 aliphatic rings. The van der Waals surface area contributed by atoms with Crippen LogP contribution in [0.2, 0.25) is 0 Å². The van der Waals surface area contributed by atoms with Gasteiger partial charge in [0.2, 0.25) is 6.36 Å². The summed E-state index contributed by atoms with van der Waals surface area (Å²) in [5, 5.41) is 0. The molecule has 5 heteroatoms. The summed E-state index contributed by atoms with van der Waals surface area (Å²) in [6.07, 6.45) is -3.59. The largest absolute Gasteiger partial charge is 0.460 e. The van der Waals surface area contributed by atoms with E-state index in [0.717, 1.165) is 6.08 Å². The number of carbonyl (C=O) groups is 1. The first-order valence-electron chi connectivity index (χ1n) is 3.38. The summed E-state index contributed by atoms with van der Waals surface area (Å²) in [5.74, 6) is -0.673. The van der Waals surface area contributed by atoms with Gasteiger partial charge in [0.15, 0.2) is 6.17 Å². The molecule has 0 aromatic heterocycles. The van der Waals surface area contributed by atoms with Gasteiger partial charge in [-0.3, -0.25) is 0 Å². The molecule has 0 spiro atoms. The Bertz CT molecular complexity index is 195. The van der Waals surface area contributed by atoms with Crippen LogP contribution in [0.25, 0.3) is 0 Å². The summed E-state index contributed by atoms with van der Waals surface area (Å²) in [6.45, 7) is 2.86. The van der Waals surface area contributed by atoms with E-state index in [1.54, 1.807) is 0 Å². The van der Waals surface area contributed by atoms with Gasteiger partial charge in [-0.2, -0.15) is 0 Å². The maximum absolute atomic E-state index is 12.4. The van der Waals surface area contributed by atoms with Crippen LogP contribution < -0.4 is 0 Å². The van der Waals surface area contributed by atoms with Crippen LogP contribution >= 0.6 is 0 Å². The molecule has 68 valence electrons. The fourth-order valence-corrected chi connectivity index (χ4v) is 0.751. The van der Waals surface area contributed by atoms with E-state index in [1.165, 1.54) is 0 Å². The molecule has 0 aromatic carbocycles. The van der Waals surface area contributed by atoms with Crippen molar-refractivity contribution in [1.82, 2.24) is 0 Å². The lowest BCUT2D eigenvalue weighted by Crippen LogP contribution is -2.51. The van der Waals surface area contributed by atoms with E-state index in [2.05, 4.69) is 16.1 Å². The van der Waals surface area contributed by atoms with Crippen LogP contribution in [0.3, 0.4) is 0 Å². The van der Waals surface area contributed by atoms with E-state index in [1.807, 2.05) is 0 Å². The minimum Gasteiger partial charge on any atom is -0.460 e. The summed E-state index contributed by atoms with van der Waals surface area (Å²) in [6, 6.07) is 0. The zero-order valence-electron chi connectivity index (χ0n) is 6.20. The topological polar surface area (TPSA) is 35.5 Å². The van der Waals surface area contributed by atoms with E-state index in [9.17, 15) is 13.6 Å². The van der Waals surface area contributed by atoms with E-state index in [0.29, 0.717) is 0 Å². The Labute approximate surface area is 68.0 Å². The molecule has 0 saturated carbocycles. The van der Waals surface area contributed by atoms with Crippen LogP contribution in [0.1, 0.15) is 0 Å². The molecule has 0 N–H and O–H groups in total. The molecular formula is C7H8F2O3. The third-order valence-corrected chi connectivity index (χ3v) is 1.47. The zero-order valence-corrected chi connectivity index (χ0v) is 6.20. The maximum atomic E-state index is 12.4. The molecule has 1 heterocycles. The van der Waals surface area contributed by atoms with Crippen LogP contribution in [-0.2, 0) is 14.3 Å². The molecule has 12 heavy (non-hydrogen) atoms. The van der Waals surface area contributed by atoms with E-state index < -0.39 is 24.6 Å². The van der Waals surface area contributed by atoms with E-state index in [-0.39, 0.29) is 6.61 Å². The molecule has 1 fully saturated rings. The Balaban J connectivity index is 2.17. The lowest BCUT2D eigenvalue weighted by molar-refractivity contribution is -0.258. The van der Waals surface area contributed by atoms with Gasteiger partial charge in [0.1, 0.15) is 12.7 Å². The highest BCUT2D eigenvalue weighted by Crippen LogP contribution is 2.25. The van der Waals surface area contributed by atoms with Gasteiger partial charge in [0.05, 0.1) is 0 Å². The first-order chi connectivity index (χ1) is 5.65. The normalized spacial score (nSPS) is 33.7. The summed E-state index contributed by atoms with van der Waals surface area (Å²) < 4.78 is 33.1. The Hall–Kier alpha value is -0.970. The van der Waals surface area contributed by atoms with E-state index >= 15 is 0 Å². The monoisotopic (exact) mass is 178 g/mol. The predicted molar refractivity (Wildman–Crippen MR) is 35.8 cm³/mol. The Morgan fingerprint density at radius 3 is 2.75 bits per heavy atom. The third kappa shape index (κ3) is 1.79. The summed E-state index contributed by atoms with van der Waals surface area (Å²) >= 11 is 0. The van der Waals surface area contributed by atoms with Gasteiger partial charge in [-0.25, -0.2) is 13.6 Å². The highest BCUT2D eigenvalue weighted by molar-refractivity contribution is 5.81. The second-order valence-corrected chi connectivity index (χ2v) is 2.30. The van der Waals surface area contributed by atoms with Crippen molar-refractivity contribution in [3.05, 3.63) is 12.7 Å². The number of rotatable bonds is 3. The molecule has 0 aromatic rings. The van der Waals surface area contributed by atoms with Crippen LogP contribution in [0.5, 0.6) is 0 Å². The Kier molecular flexibility index (Phi) is 2.75. The van der Waals surface area contributed by atoms with E-state index in [4.69, 9.17) is 0 Å². The van der Waals surface area contributed by atoms with Crippen molar-refractivity contribution in [2.75, 3.05) is 6.61 Å². The summed E-state index contributed by atoms with van der Waals surface area (Å²) in [4.78, 5) is 10.4. The lowest BCUT2D eigenvalue weighted by atomic mass is 10.1. The molecule has 1 rings (SSSR count). The number of halogens is 2. The standard InChI is InChI=1S/C7H8F2O3/c1-2-5(10)11-3-4-6(8)7(9)12-4/h2,4,6-7H,1,3H2. The molecule has 0 bridgehead atoms. The van der Waals surface area contributed by atoms with Gasteiger partial charge in [0, 0.05) is 6.08 Å². The minimum absolute atomic E-state index is 0.271. The van der Waals surface area contributed by atoms with Gasteiger partial charge in [0.25, 0.3) is 0 Å². The van der Waals surface area contributed by atoms with Crippen molar-refractivity contribution in [2.24, 2.45) is 0 Å². The first-order valence-corrected chi connectivity index (χ1v) is 3.38. The molecule has 1 saturated heterocycles. The van der Waals surface area contributed by atoms with Crippen molar-refractivity contribution in [3.63, 3.8) is 0 Å². The predicted octanol–water partition coefficient (Wildman–Crippen LogP) is 0.748. The van der Waals surface area contributed by atoms with Crippen molar-refractivity contribution in [2.45, 2.75) is 18.6 Å². The highest BCUT2D eigenvalue weighted by Gasteiger charge is 2.44. The van der Waals surface area contributed by atoms with Crippen LogP contribution in [0, 0.1) is 0 Å². The number of esters is 1. The molecule has 3 nitrogen and oxygen atoms in total. The first kappa shape index (κ1) is 9.12. The molecule has 1 aliphatic heterocycles. The second kappa shape index (κ2) is 3.62. The van der Waals surface area contributed by atoms with Gasteiger partial charge < -0.3 is 9.47 Å². The average Bonchev–Trinajstić information content (AvgIpc) is 2.10. The molecule has 3 unspecified atom stereocenters. The molecule has 0 amide bonds. The number of alkyl halides is 2. The fraction of sp³-hybridized carbons (Fsp3) is 0.571. The molecule has 0 aliphatic carbocycles. The third-order valence-electron chi connectivity index (χ3n) is 1.47. The average molecular weight is 178 g/mol. The minimum atomic E-state index is -1.88. The zero-order chi connectivity index (χ0) is 9.14. The number of hydrogen-bond donors (Lipinski definition) is 0. The second-order valence-electron chi connectivity index (χ2n) is 2.30. The quantitative estimate of drug-likeness (QED) is 0.472. The molecular weight excluding hydrogens is 170 g/mol.